The van der Waals surface area contributed by atoms with Crippen molar-refractivity contribution in [3.63, 3.8) is 0 Å². The molecule has 1 heterocycles. The number of hydrogen-bond acceptors (Lipinski definition) is 5. The molecule has 0 radical (unpaired) electrons. The van der Waals surface area contributed by atoms with E-state index in [4.69, 9.17) is 4.74 Å². The molecule has 1 atom stereocenters. The van der Waals surface area contributed by atoms with Crippen LogP contribution in [0.25, 0.3) is 11.0 Å². The Hall–Kier alpha value is -4.11. The SMILES string of the molecule is COCCN(C(=O)Cn1nnc2ccccc21)C(C(=O)NCc1ccc(F)cc1)c1ccccc1. The topological polar surface area (TPSA) is 89.3 Å². The van der Waals surface area contributed by atoms with Crippen molar-refractivity contribution in [2.24, 2.45) is 0 Å². The number of nitrogens with one attached hydrogen (secondary N) is 1. The maximum atomic E-state index is 13.6. The molecule has 4 aromatic rings. The van der Waals surface area contributed by atoms with Gasteiger partial charge in [-0.3, -0.25) is 9.59 Å². The third-order valence-electron chi connectivity index (χ3n) is 5.62. The molecular formula is C26H26FN5O3. The minimum Gasteiger partial charge on any atom is -0.383 e. The van der Waals surface area contributed by atoms with Crippen LogP contribution >= 0.6 is 0 Å². The van der Waals surface area contributed by atoms with Gasteiger partial charge in [-0.05, 0) is 35.4 Å². The van der Waals surface area contributed by atoms with Gasteiger partial charge in [-0.2, -0.15) is 0 Å². The van der Waals surface area contributed by atoms with Crippen molar-refractivity contribution in [3.8, 4) is 0 Å². The van der Waals surface area contributed by atoms with Gasteiger partial charge in [0.05, 0.1) is 12.1 Å². The Morgan fingerprint density at radius 2 is 1.74 bits per heavy atom. The minimum absolute atomic E-state index is 0.0845. The van der Waals surface area contributed by atoms with Gasteiger partial charge in [0.15, 0.2) is 0 Å². The van der Waals surface area contributed by atoms with Crippen LogP contribution in [0.1, 0.15) is 17.2 Å². The lowest BCUT2D eigenvalue weighted by atomic mass is 10.0. The van der Waals surface area contributed by atoms with Gasteiger partial charge in [0, 0.05) is 20.2 Å². The Morgan fingerprint density at radius 1 is 1.03 bits per heavy atom. The number of hydrogen-bond donors (Lipinski definition) is 1. The quantitative estimate of drug-likeness (QED) is 0.381. The number of amides is 2. The average Bonchev–Trinajstić information content (AvgIpc) is 3.29. The van der Waals surface area contributed by atoms with Gasteiger partial charge in [-0.25, -0.2) is 9.07 Å². The van der Waals surface area contributed by atoms with Crippen molar-refractivity contribution < 1.29 is 18.7 Å². The van der Waals surface area contributed by atoms with Gasteiger partial charge in [0.2, 0.25) is 11.8 Å². The average molecular weight is 476 g/mol. The highest BCUT2D eigenvalue weighted by Crippen LogP contribution is 2.22. The highest BCUT2D eigenvalue weighted by Gasteiger charge is 2.31. The molecule has 1 N–H and O–H groups in total. The molecule has 8 nitrogen and oxygen atoms in total. The number of halogens is 1. The van der Waals surface area contributed by atoms with Gasteiger partial charge in [-0.15, -0.1) is 5.10 Å². The zero-order chi connectivity index (χ0) is 24.6. The lowest BCUT2D eigenvalue weighted by Gasteiger charge is -2.31. The van der Waals surface area contributed by atoms with Crippen LogP contribution in [0.2, 0.25) is 0 Å². The first kappa shape index (κ1) is 24.0. The summed E-state index contributed by atoms with van der Waals surface area (Å²) in [5.41, 5.74) is 2.82. The second-order valence-corrected chi connectivity index (χ2v) is 7.97. The van der Waals surface area contributed by atoms with Crippen molar-refractivity contribution in [1.82, 2.24) is 25.2 Å². The van der Waals surface area contributed by atoms with Crippen molar-refractivity contribution in [3.05, 3.63) is 95.8 Å². The zero-order valence-electron chi connectivity index (χ0n) is 19.3. The van der Waals surface area contributed by atoms with Crippen molar-refractivity contribution in [1.29, 1.82) is 0 Å². The third kappa shape index (κ3) is 5.88. The summed E-state index contributed by atoms with van der Waals surface area (Å²) in [5.74, 6) is -1.00. The minimum atomic E-state index is -0.894. The fraction of sp³-hybridized carbons (Fsp3) is 0.231. The molecule has 0 aliphatic heterocycles. The molecule has 2 amide bonds. The van der Waals surface area contributed by atoms with E-state index in [0.29, 0.717) is 11.1 Å². The van der Waals surface area contributed by atoms with Crippen molar-refractivity contribution in [2.75, 3.05) is 20.3 Å². The Bertz CT molecular complexity index is 1280. The van der Waals surface area contributed by atoms with Crippen LogP contribution in [0.4, 0.5) is 4.39 Å². The summed E-state index contributed by atoms with van der Waals surface area (Å²) >= 11 is 0. The first-order valence-electron chi connectivity index (χ1n) is 11.2. The number of aromatic nitrogens is 3. The molecule has 0 aliphatic carbocycles. The highest BCUT2D eigenvalue weighted by molar-refractivity contribution is 5.89. The number of ether oxygens (including phenoxy) is 1. The summed E-state index contributed by atoms with van der Waals surface area (Å²) < 4.78 is 20.0. The van der Waals surface area contributed by atoms with Gasteiger partial charge >= 0.3 is 0 Å². The van der Waals surface area contributed by atoms with E-state index >= 15 is 0 Å². The first-order valence-corrected chi connectivity index (χ1v) is 11.2. The van der Waals surface area contributed by atoms with E-state index in [1.165, 1.54) is 21.7 Å². The third-order valence-corrected chi connectivity index (χ3v) is 5.62. The molecule has 1 aromatic heterocycles. The van der Waals surface area contributed by atoms with E-state index in [0.717, 1.165) is 11.1 Å². The number of rotatable bonds is 10. The number of benzene rings is 3. The van der Waals surface area contributed by atoms with Crippen LogP contribution in [0, 0.1) is 5.82 Å². The molecule has 0 saturated heterocycles. The first-order chi connectivity index (χ1) is 17.1. The largest absolute Gasteiger partial charge is 0.383 e. The molecule has 0 fully saturated rings. The summed E-state index contributed by atoms with van der Waals surface area (Å²) in [6.07, 6.45) is 0. The number of fused-ring (bicyclic) bond motifs is 1. The lowest BCUT2D eigenvalue weighted by Crippen LogP contribution is -2.46. The van der Waals surface area contributed by atoms with Gasteiger partial charge in [0.25, 0.3) is 0 Å². The number of methoxy groups -OCH3 is 1. The van der Waals surface area contributed by atoms with E-state index < -0.39 is 6.04 Å². The maximum Gasteiger partial charge on any atom is 0.247 e. The van der Waals surface area contributed by atoms with Gasteiger partial charge < -0.3 is 15.0 Å². The zero-order valence-corrected chi connectivity index (χ0v) is 19.3. The second-order valence-electron chi connectivity index (χ2n) is 7.97. The second kappa shape index (κ2) is 11.3. The fourth-order valence-corrected chi connectivity index (χ4v) is 3.84. The Balaban J connectivity index is 1.60. The maximum absolute atomic E-state index is 13.6. The Morgan fingerprint density at radius 3 is 2.49 bits per heavy atom. The molecule has 4 rings (SSSR count). The molecule has 35 heavy (non-hydrogen) atoms. The molecule has 0 saturated carbocycles. The van der Waals surface area contributed by atoms with Crippen molar-refractivity contribution >= 4 is 22.8 Å². The summed E-state index contributed by atoms with van der Waals surface area (Å²) in [4.78, 5) is 28.5. The molecule has 9 heteroatoms. The molecule has 3 aromatic carbocycles. The molecule has 1 unspecified atom stereocenters. The Kier molecular flexibility index (Phi) is 7.79. The molecule has 0 bridgehead atoms. The standard InChI is InChI=1S/C26H26FN5O3/c1-35-16-15-31(24(33)18-32-23-10-6-5-9-22(23)29-30-32)25(20-7-3-2-4-8-20)26(34)28-17-19-11-13-21(27)14-12-19/h2-14,25H,15-18H2,1H3,(H,28,34). The highest BCUT2D eigenvalue weighted by atomic mass is 19.1. The van der Waals surface area contributed by atoms with Gasteiger partial charge in [-0.1, -0.05) is 59.8 Å². The monoisotopic (exact) mass is 475 g/mol. The van der Waals surface area contributed by atoms with Crippen LogP contribution < -0.4 is 5.32 Å². The number of nitrogens with zero attached hydrogens (tertiary/aromatic N) is 4. The smallest absolute Gasteiger partial charge is 0.247 e. The van der Waals surface area contributed by atoms with Crippen molar-refractivity contribution in [2.45, 2.75) is 19.1 Å². The molecule has 180 valence electrons. The van der Waals surface area contributed by atoms with Crippen LogP contribution in [0.5, 0.6) is 0 Å². The number of para-hydroxylation sites is 1. The van der Waals surface area contributed by atoms with Gasteiger partial charge in [0.1, 0.15) is 23.9 Å². The predicted molar refractivity (Wildman–Crippen MR) is 129 cm³/mol. The van der Waals surface area contributed by atoms with E-state index in [9.17, 15) is 14.0 Å². The van der Waals surface area contributed by atoms with Crippen LogP contribution in [0.3, 0.4) is 0 Å². The summed E-state index contributed by atoms with van der Waals surface area (Å²) in [5, 5.41) is 11.1. The van der Waals surface area contributed by atoms with E-state index in [-0.39, 0.29) is 43.9 Å². The number of carbonyl (C=O) groups is 2. The molecule has 0 spiro atoms. The van der Waals surface area contributed by atoms with Crippen LogP contribution in [0.15, 0.2) is 78.9 Å². The summed E-state index contributed by atoms with van der Waals surface area (Å²) in [7, 11) is 1.54. The lowest BCUT2D eigenvalue weighted by molar-refractivity contribution is -0.142. The van der Waals surface area contributed by atoms with E-state index in [1.54, 1.807) is 31.4 Å². The van der Waals surface area contributed by atoms with E-state index in [1.807, 2.05) is 42.5 Å². The van der Waals surface area contributed by atoms with Crippen LogP contribution in [-0.4, -0.2) is 52.0 Å². The number of carbonyl (C=O) groups excluding carboxylic acids is 2. The Labute approximate surface area is 202 Å². The molecular weight excluding hydrogens is 449 g/mol. The summed E-state index contributed by atoms with van der Waals surface area (Å²) in [6.45, 7) is 0.561. The normalized spacial score (nSPS) is 11.8. The summed E-state index contributed by atoms with van der Waals surface area (Å²) in [6, 6.07) is 21.5. The predicted octanol–water partition coefficient (Wildman–Crippen LogP) is 3.10. The molecule has 0 aliphatic rings. The van der Waals surface area contributed by atoms with Crippen LogP contribution in [-0.2, 0) is 27.4 Å². The fourth-order valence-electron chi connectivity index (χ4n) is 3.84. The van der Waals surface area contributed by atoms with E-state index in [2.05, 4.69) is 15.6 Å².